The van der Waals surface area contributed by atoms with Crippen LogP contribution in [-0.2, 0) is 20.6 Å². The van der Waals surface area contributed by atoms with Crippen molar-refractivity contribution in [1.82, 2.24) is 4.90 Å². The Kier molecular flexibility index (Phi) is 8.86. The molecule has 1 saturated heterocycles. The third-order valence-electron chi connectivity index (χ3n) is 9.47. The molecule has 0 aromatic heterocycles. The summed E-state index contributed by atoms with van der Waals surface area (Å²) in [6, 6.07) is 37.0. The first-order chi connectivity index (χ1) is 23.7. The van der Waals surface area contributed by atoms with Crippen LogP contribution in [0.5, 0.6) is 0 Å². The van der Waals surface area contributed by atoms with E-state index < -0.39 is 19.0 Å². The van der Waals surface area contributed by atoms with Gasteiger partial charge in [-0.05, 0) is 69.1 Å². The maximum absolute atomic E-state index is 13.8. The molecule has 1 aliphatic heterocycles. The van der Waals surface area contributed by atoms with Crippen molar-refractivity contribution in [2.45, 2.75) is 24.9 Å². The Hall–Kier alpha value is -5.14. The highest BCUT2D eigenvalue weighted by Crippen LogP contribution is 2.54. The Morgan fingerprint density at radius 3 is 2.08 bits per heavy atom. The van der Waals surface area contributed by atoms with E-state index >= 15 is 0 Å². The molecule has 7 rings (SSSR count). The van der Waals surface area contributed by atoms with Crippen LogP contribution in [0.1, 0.15) is 40.0 Å². The summed E-state index contributed by atoms with van der Waals surface area (Å²) in [4.78, 5) is 63.2. The molecule has 6 aromatic rings. The standard InChI is InChI=1S/C40H35N2O6P/c43-37(38(49(46,47)48)35-15-7-12-28-9-3-5-13-33(28)35)24-26-22-31-11-4-6-14-34(31)36(23-26)41-39(44)29-18-20-42(21-19-29)40(45)32-17-16-27-8-1-2-10-30(27)25-32/h1-17,22-23,25,29,38H,18-21,24H2,(H,41,44)(H2,46,47,48). The number of carbonyl (C=O) groups is 3. The van der Waals surface area contributed by atoms with Gasteiger partial charge in [0.15, 0.2) is 5.78 Å². The van der Waals surface area contributed by atoms with Crippen molar-refractivity contribution < 1.29 is 28.7 Å². The molecule has 1 heterocycles. The van der Waals surface area contributed by atoms with Crippen molar-refractivity contribution in [3.05, 3.63) is 138 Å². The Morgan fingerprint density at radius 1 is 0.714 bits per heavy atom. The number of anilines is 1. The van der Waals surface area contributed by atoms with Gasteiger partial charge in [0.25, 0.3) is 5.91 Å². The highest BCUT2D eigenvalue weighted by Gasteiger charge is 2.38. The molecule has 246 valence electrons. The predicted molar refractivity (Wildman–Crippen MR) is 193 cm³/mol. The monoisotopic (exact) mass is 670 g/mol. The van der Waals surface area contributed by atoms with E-state index in [1.165, 1.54) is 0 Å². The average molecular weight is 671 g/mol. The van der Waals surface area contributed by atoms with Crippen LogP contribution in [0, 0.1) is 5.92 Å². The van der Waals surface area contributed by atoms with E-state index in [4.69, 9.17) is 0 Å². The smallest absolute Gasteiger partial charge is 0.339 e. The molecule has 0 radical (unpaired) electrons. The van der Waals surface area contributed by atoms with Gasteiger partial charge in [-0.15, -0.1) is 0 Å². The van der Waals surface area contributed by atoms with Crippen LogP contribution in [0.25, 0.3) is 32.3 Å². The van der Waals surface area contributed by atoms with Crippen molar-refractivity contribution >= 4 is 63.2 Å². The fraction of sp³-hybridized carbons (Fsp3) is 0.175. The summed E-state index contributed by atoms with van der Waals surface area (Å²) in [5, 5.41) is 8.12. The molecule has 49 heavy (non-hydrogen) atoms. The first kappa shape index (κ1) is 32.4. The normalized spacial score (nSPS) is 14.6. The molecule has 8 nitrogen and oxygen atoms in total. The Morgan fingerprint density at radius 2 is 1.35 bits per heavy atom. The molecule has 1 atom stereocenters. The first-order valence-electron chi connectivity index (χ1n) is 16.3. The lowest BCUT2D eigenvalue weighted by Gasteiger charge is -2.31. The van der Waals surface area contributed by atoms with Crippen LogP contribution < -0.4 is 5.32 Å². The summed E-state index contributed by atoms with van der Waals surface area (Å²) in [5.41, 5.74) is 0.342. The van der Waals surface area contributed by atoms with E-state index in [0.29, 0.717) is 48.1 Å². The van der Waals surface area contributed by atoms with E-state index in [9.17, 15) is 28.7 Å². The molecule has 0 bridgehead atoms. The molecule has 3 N–H and O–H groups in total. The molecule has 2 amide bonds. The van der Waals surface area contributed by atoms with Crippen molar-refractivity contribution in [1.29, 1.82) is 0 Å². The number of hydrogen-bond donors (Lipinski definition) is 3. The fourth-order valence-corrected chi connectivity index (χ4v) is 8.05. The van der Waals surface area contributed by atoms with Gasteiger partial charge in [0.2, 0.25) is 5.91 Å². The van der Waals surface area contributed by atoms with Gasteiger partial charge in [0.1, 0.15) is 5.66 Å². The van der Waals surface area contributed by atoms with Gasteiger partial charge in [0, 0.05) is 42.1 Å². The Balaban J connectivity index is 1.08. The molecule has 0 aliphatic carbocycles. The highest BCUT2D eigenvalue weighted by atomic mass is 31.2. The number of likely N-dealkylation sites (tertiary alicyclic amines) is 1. The third kappa shape index (κ3) is 6.76. The van der Waals surface area contributed by atoms with E-state index in [0.717, 1.165) is 26.9 Å². The number of amides is 2. The zero-order chi connectivity index (χ0) is 34.1. The minimum absolute atomic E-state index is 0.0508. The second-order valence-electron chi connectivity index (χ2n) is 12.7. The first-order valence-corrected chi connectivity index (χ1v) is 18.0. The highest BCUT2D eigenvalue weighted by molar-refractivity contribution is 7.53. The van der Waals surface area contributed by atoms with Gasteiger partial charge in [-0.1, -0.05) is 103 Å². The SMILES string of the molecule is O=C(Nc1cc(CC(=O)C(c2cccc3ccccc23)P(=O)(O)O)cc2ccccc12)C1CCN(C(=O)c2ccc3ccccc3c2)CC1. The lowest BCUT2D eigenvalue weighted by atomic mass is 9.94. The lowest BCUT2D eigenvalue weighted by molar-refractivity contribution is -0.121. The summed E-state index contributed by atoms with van der Waals surface area (Å²) < 4.78 is 12.8. The van der Waals surface area contributed by atoms with Crippen molar-refractivity contribution in [3.8, 4) is 0 Å². The molecule has 1 fully saturated rings. The van der Waals surface area contributed by atoms with Crippen LogP contribution in [0.3, 0.4) is 0 Å². The summed E-state index contributed by atoms with van der Waals surface area (Å²) in [6.07, 6.45) is 0.786. The summed E-state index contributed by atoms with van der Waals surface area (Å²) in [5.74, 6) is -1.14. The topological polar surface area (TPSA) is 124 Å². The molecule has 1 aliphatic rings. The number of piperidine rings is 1. The van der Waals surface area contributed by atoms with Crippen LogP contribution in [0.2, 0.25) is 0 Å². The second kappa shape index (κ2) is 13.4. The minimum Gasteiger partial charge on any atom is -0.339 e. The van der Waals surface area contributed by atoms with Gasteiger partial charge in [-0.25, -0.2) is 0 Å². The van der Waals surface area contributed by atoms with Crippen LogP contribution in [-0.4, -0.2) is 45.4 Å². The molecular formula is C40H35N2O6P. The summed E-state index contributed by atoms with van der Waals surface area (Å²) >= 11 is 0. The molecule has 6 aromatic carbocycles. The second-order valence-corrected chi connectivity index (χ2v) is 14.4. The molecule has 1 unspecified atom stereocenters. The quantitative estimate of drug-likeness (QED) is 0.143. The average Bonchev–Trinajstić information content (AvgIpc) is 3.11. The number of Topliss-reactive ketones (excluding diaryl/α,β-unsaturated/α-hetero) is 1. The number of hydrogen-bond acceptors (Lipinski definition) is 4. The zero-order valence-electron chi connectivity index (χ0n) is 26.7. The lowest BCUT2D eigenvalue weighted by Crippen LogP contribution is -2.41. The molecule has 9 heteroatoms. The van der Waals surface area contributed by atoms with Gasteiger partial charge >= 0.3 is 7.60 Å². The number of rotatable bonds is 8. The molecule has 0 spiro atoms. The zero-order valence-corrected chi connectivity index (χ0v) is 27.6. The molecular weight excluding hydrogens is 635 g/mol. The van der Waals surface area contributed by atoms with Crippen molar-refractivity contribution in [2.75, 3.05) is 18.4 Å². The predicted octanol–water partition coefficient (Wildman–Crippen LogP) is 7.67. The number of nitrogens with zero attached hydrogens (tertiary/aromatic N) is 1. The number of benzene rings is 6. The number of carbonyl (C=O) groups excluding carboxylic acids is 3. The Labute approximate surface area is 283 Å². The van der Waals surface area contributed by atoms with E-state index in [1.807, 2.05) is 91.0 Å². The molecule has 0 saturated carbocycles. The maximum atomic E-state index is 13.8. The van der Waals surface area contributed by atoms with Crippen LogP contribution >= 0.6 is 7.60 Å². The fourth-order valence-electron chi connectivity index (χ4n) is 6.99. The van der Waals surface area contributed by atoms with Crippen LogP contribution in [0.4, 0.5) is 5.69 Å². The Bertz CT molecular complexity index is 2280. The van der Waals surface area contributed by atoms with Crippen molar-refractivity contribution in [3.63, 3.8) is 0 Å². The number of fused-ring (bicyclic) bond motifs is 3. The third-order valence-corrected chi connectivity index (χ3v) is 10.7. The van der Waals surface area contributed by atoms with Crippen LogP contribution in [0.15, 0.2) is 121 Å². The van der Waals surface area contributed by atoms with Gasteiger partial charge in [-0.3, -0.25) is 18.9 Å². The van der Waals surface area contributed by atoms with E-state index in [-0.39, 0.29) is 29.7 Å². The van der Waals surface area contributed by atoms with Gasteiger partial charge in [0.05, 0.1) is 0 Å². The summed E-state index contributed by atoms with van der Waals surface area (Å²) in [7, 11) is -4.89. The van der Waals surface area contributed by atoms with Crippen molar-refractivity contribution in [2.24, 2.45) is 5.92 Å². The van der Waals surface area contributed by atoms with E-state index in [2.05, 4.69) is 5.32 Å². The van der Waals surface area contributed by atoms with Gasteiger partial charge < -0.3 is 20.0 Å². The number of nitrogens with one attached hydrogen (secondary N) is 1. The van der Waals surface area contributed by atoms with Gasteiger partial charge in [-0.2, -0.15) is 0 Å². The largest absolute Gasteiger partial charge is 0.340 e. The minimum atomic E-state index is -4.89. The maximum Gasteiger partial charge on any atom is 0.340 e. The summed E-state index contributed by atoms with van der Waals surface area (Å²) in [6.45, 7) is 0.911. The van der Waals surface area contributed by atoms with E-state index in [1.54, 1.807) is 35.2 Å². The number of ketones is 1.